The van der Waals surface area contributed by atoms with E-state index in [9.17, 15) is 0 Å². The molecular weight excluding hydrogens is 246 g/mol. The molecule has 2 heterocycles. The summed E-state index contributed by atoms with van der Waals surface area (Å²) in [5.41, 5.74) is 1.24. The molecule has 5 heteroatoms. The molecule has 0 aliphatic carbocycles. The second-order valence-electron chi connectivity index (χ2n) is 5.12. The molecule has 1 aliphatic heterocycles. The Bertz CT molecular complexity index is 392. The molecule has 18 heavy (non-hydrogen) atoms. The van der Waals surface area contributed by atoms with Gasteiger partial charge in [-0.05, 0) is 19.9 Å². The highest BCUT2D eigenvalue weighted by molar-refractivity contribution is 7.15. The van der Waals surface area contributed by atoms with Crippen LogP contribution in [0.4, 0.5) is 5.13 Å². The van der Waals surface area contributed by atoms with Crippen LogP contribution in [0.25, 0.3) is 0 Å². The van der Waals surface area contributed by atoms with Crippen molar-refractivity contribution in [1.82, 2.24) is 10.3 Å². The molecule has 0 amide bonds. The molecule has 1 aromatic rings. The van der Waals surface area contributed by atoms with E-state index in [2.05, 4.69) is 31.0 Å². The number of nitrogens with zero attached hydrogens (tertiary/aromatic N) is 2. The van der Waals surface area contributed by atoms with Gasteiger partial charge in [0.05, 0.1) is 18.4 Å². The molecule has 0 spiro atoms. The quantitative estimate of drug-likeness (QED) is 0.909. The number of aromatic nitrogens is 1. The summed E-state index contributed by atoms with van der Waals surface area (Å²) < 4.78 is 5.58. The third-order valence-corrected chi connectivity index (χ3v) is 4.24. The van der Waals surface area contributed by atoms with Crippen LogP contribution in [0.3, 0.4) is 0 Å². The zero-order valence-corrected chi connectivity index (χ0v) is 12.5. The van der Waals surface area contributed by atoms with E-state index in [0.717, 1.165) is 31.4 Å². The van der Waals surface area contributed by atoms with Gasteiger partial charge >= 0.3 is 0 Å². The SMILES string of the molecule is CNCc1sc(N2CCOC(C)C2)nc1C(C)C. The number of hydrogen-bond acceptors (Lipinski definition) is 5. The van der Waals surface area contributed by atoms with Gasteiger partial charge in [0.1, 0.15) is 0 Å². The minimum atomic E-state index is 0.304. The highest BCUT2D eigenvalue weighted by Crippen LogP contribution is 2.31. The maximum absolute atomic E-state index is 5.58. The summed E-state index contributed by atoms with van der Waals surface area (Å²) in [6.45, 7) is 10.2. The molecule has 1 fully saturated rings. The molecule has 1 N–H and O–H groups in total. The fraction of sp³-hybridized carbons (Fsp3) is 0.769. The van der Waals surface area contributed by atoms with E-state index in [4.69, 9.17) is 9.72 Å². The Morgan fingerprint density at radius 3 is 2.94 bits per heavy atom. The number of nitrogens with one attached hydrogen (secondary N) is 1. The highest BCUT2D eigenvalue weighted by Gasteiger charge is 2.22. The lowest BCUT2D eigenvalue weighted by Crippen LogP contribution is -2.41. The lowest BCUT2D eigenvalue weighted by molar-refractivity contribution is 0.0532. The van der Waals surface area contributed by atoms with Gasteiger partial charge in [0.25, 0.3) is 0 Å². The summed E-state index contributed by atoms with van der Waals surface area (Å²) >= 11 is 1.82. The Hall–Kier alpha value is -0.650. The van der Waals surface area contributed by atoms with Crippen LogP contribution in [0.1, 0.15) is 37.3 Å². The molecule has 1 aromatic heterocycles. The fourth-order valence-corrected chi connectivity index (χ4v) is 3.48. The zero-order chi connectivity index (χ0) is 13.1. The number of thiazole rings is 1. The van der Waals surface area contributed by atoms with Crippen molar-refractivity contribution in [3.8, 4) is 0 Å². The van der Waals surface area contributed by atoms with E-state index in [1.165, 1.54) is 10.6 Å². The van der Waals surface area contributed by atoms with Crippen molar-refractivity contribution >= 4 is 16.5 Å². The number of ether oxygens (including phenoxy) is 1. The van der Waals surface area contributed by atoms with Crippen LogP contribution in [0.5, 0.6) is 0 Å². The number of morpholine rings is 1. The lowest BCUT2D eigenvalue weighted by atomic mass is 10.1. The molecule has 0 saturated carbocycles. The number of rotatable bonds is 4. The van der Waals surface area contributed by atoms with Gasteiger partial charge in [0.2, 0.25) is 0 Å². The lowest BCUT2D eigenvalue weighted by Gasteiger charge is -2.30. The smallest absolute Gasteiger partial charge is 0.186 e. The first-order valence-electron chi connectivity index (χ1n) is 6.62. The molecule has 1 saturated heterocycles. The predicted molar refractivity (Wildman–Crippen MR) is 76.6 cm³/mol. The van der Waals surface area contributed by atoms with E-state index >= 15 is 0 Å². The van der Waals surface area contributed by atoms with Gasteiger partial charge in [-0.3, -0.25) is 0 Å². The maximum atomic E-state index is 5.58. The molecule has 0 bridgehead atoms. The van der Waals surface area contributed by atoms with Gasteiger partial charge in [-0.15, -0.1) is 11.3 Å². The van der Waals surface area contributed by atoms with Crippen LogP contribution in [-0.2, 0) is 11.3 Å². The van der Waals surface area contributed by atoms with E-state index in [-0.39, 0.29) is 0 Å². The summed E-state index contributed by atoms with van der Waals surface area (Å²) in [5, 5.41) is 4.38. The average Bonchev–Trinajstić information content (AvgIpc) is 2.74. The van der Waals surface area contributed by atoms with Gasteiger partial charge in [-0.2, -0.15) is 0 Å². The normalized spacial score (nSPS) is 20.7. The second kappa shape index (κ2) is 5.99. The molecule has 1 atom stereocenters. The summed E-state index contributed by atoms with van der Waals surface area (Å²) in [7, 11) is 1.99. The van der Waals surface area contributed by atoms with Crippen LogP contribution in [0.15, 0.2) is 0 Å². The molecule has 2 rings (SSSR count). The predicted octanol–water partition coefficient (Wildman–Crippen LogP) is 2.21. The first kappa shape index (κ1) is 13.8. The number of hydrogen-bond donors (Lipinski definition) is 1. The molecule has 1 unspecified atom stereocenters. The Balaban J connectivity index is 2.19. The van der Waals surface area contributed by atoms with E-state index in [0.29, 0.717) is 12.0 Å². The first-order chi connectivity index (χ1) is 8.61. The van der Waals surface area contributed by atoms with Gasteiger partial charge in [0.15, 0.2) is 5.13 Å². The monoisotopic (exact) mass is 269 g/mol. The summed E-state index contributed by atoms with van der Waals surface area (Å²) in [6.07, 6.45) is 0.304. The van der Waals surface area contributed by atoms with Crippen molar-refractivity contribution in [2.24, 2.45) is 0 Å². The summed E-state index contributed by atoms with van der Waals surface area (Å²) in [5.74, 6) is 0.483. The number of anilines is 1. The highest BCUT2D eigenvalue weighted by atomic mass is 32.1. The molecule has 4 nitrogen and oxygen atoms in total. The molecule has 0 aromatic carbocycles. The third kappa shape index (κ3) is 3.02. The van der Waals surface area contributed by atoms with Crippen LogP contribution >= 0.6 is 11.3 Å². The Kier molecular flexibility index (Phi) is 4.59. The largest absolute Gasteiger partial charge is 0.375 e. The van der Waals surface area contributed by atoms with Gasteiger partial charge in [-0.1, -0.05) is 13.8 Å². The fourth-order valence-electron chi connectivity index (χ4n) is 2.22. The summed E-state index contributed by atoms with van der Waals surface area (Å²) in [6, 6.07) is 0. The zero-order valence-electron chi connectivity index (χ0n) is 11.7. The minimum absolute atomic E-state index is 0.304. The van der Waals surface area contributed by atoms with Crippen molar-refractivity contribution in [1.29, 1.82) is 0 Å². The molecule has 0 radical (unpaired) electrons. The Morgan fingerprint density at radius 2 is 2.33 bits per heavy atom. The maximum Gasteiger partial charge on any atom is 0.186 e. The second-order valence-corrected chi connectivity index (χ2v) is 6.18. The van der Waals surface area contributed by atoms with Gasteiger partial charge in [-0.25, -0.2) is 4.98 Å². The van der Waals surface area contributed by atoms with Crippen LogP contribution in [0, 0.1) is 0 Å². The van der Waals surface area contributed by atoms with Gasteiger partial charge < -0.3 is 15.0 Å². The minimum Gasteiger partial charge on any atom is -0.375 e. The Labute approximate surface area is 113 Å². The van der Waals surface area contributed by atoms with Crippen molar-refractivity contribution in [3.63, 3.8) is 0 Å². The van der Waals surface area contributed by atoms with Crippen LogP contribution in [0.2, 0.25) is 0 Å². The van der Waals surface area contributed by atoms with Crippen LogP contribution < -0.4 is 10.2 Å². The third-order valence-electron chi connectivity index (χ3n) is 3.11. The van der Waals surface area contributed by atoms with Crippen molar-refractivity contribution in [2.45, 2.75) is 39.3 Å². The molecule has 102 valence electrons. The Morgan fingerprint density at radius 1 is 1.56 bits per heavy atom. The first-order valence-corrected chi connectivity index (χ1v) is 7.44. The van der Waals surface area contributed by atoms with Crippen molar-refractivity contribution in [2.75, 3.05) is 31.6 Å². The van der Waals surface area contributed by atoms with Crippen molar-refractivity contribution in [3.05, 3.63) is 10.6 Å². The van der Waals surface area contributed by atoms with E-state index in [1.54, 1.807) is 0 Å². The molecule has 1 aliphatic rings. The average molecular weight is 269 g/mol. The van der Waals surface area contributed by atoms with E-state index in [1.807, 2.05) is 18.4 Å². The van der Waals surface area contributed by atoms with Crippen molar-refractivity contribution < 1.29 is 4.74 Å². The van der Waals surface area contributed by atoms with Gasteiger partial charge in [0, 0.05) is 24.5 Å². The molecular formula is C13H23N3OS. The van der Waals surface area contributed by atoms with Crippen LogP contribution in [-0.4, -0.2) is 37.8 Å². The standard InChI is InChI=1S/C13H23N3OS/c1-9(2)12-11(7-14-4)18-13(15-12)16-5-6-17-10(3)8-16/h9-10,14H,5-8H2,1-4H3. The summed E-state index contributed by atoms with van der Waals surface area (Å²) in [4.78, 5) is 8.55. The van der Waals surface area contributed by atoms with E-state index < -0.39 is 0 Å². The topological polar surface area (TPSA) is 37.4 Å².